The summed E-state index contributed by atoms with van der Waals surface area (Å²) in [6.07, 6.45) is 3.36. The van der Waals surface area contributed by atoms with E-state index in [9.17, 15) is 19.5 Å². The molecule has 2 amide bonds. The summed E-state index contributed by atoms with van der Waals surface area (Å²) in [5, 5.41) is 10.5. The molecule has 3 heterocycles. The van der Waals surface area contributed by atoms with Crippen LogP contribution < -0.4 is 20.1 Å². The third-order valence-electron chi connectivity index (χ3n) is 8.54. The van der Waals surface area contributed by atoms with Crippen LogP contribution in [0.15, 0.2) is 42.5 Å². The topological polar surface area (TPSA) is 126 Å². The number of carbonyl (C=O) groups excluding carboxylic acids is 2. The molecule has 1 fully saturated rings. The average Bonchev–Trinajstić information content (AvgIpc) is 3.66. The number of nitrogens with two attached hydrogens (primary N) is 1. The third kappa shape index (κ3) is 6.18. The van der Waals surface area contributed by atoms with Crippen LogP contribution in [-0.4, -0.2) is 84.8 Å². The van der Waals surface area contributed by atoms with E-state index in [1.165, 1.54) is 0 Å². The molecule has 0 bridgehead atoms. The molecule has 1 unspecified atom stereocenters. The number of anilines is 1. The first-order chi connectivity index (χ1) is 19.9. The van der Waals surface area contributed by atoms with Gasteiger partial charge >= 0.3 is 5.97 Å². The van der Waals surface area contributed by atoms with Gasteiger partial charge in [0.25, 0.3) is 0 Å². The van der Waals surface area contributed by atoms with E-state index < -0.39 is 17.9 Å². The number of hydrogen-bond acceptors (Lipinski definition) is 7. The Morgan fingerprint density at radius 3 is 2.66 bits per heavy atom. The van der Waals surface area contributed by atoms with Crippen molar-refractivity contribution in [1.82, 2.24) is 9.80 Å². The van der Waals surface area contributed by atoms with E-state index >= 15 is 0 Å². The lowest BCUT2D eigenvalue weighted by atomic mass is 9.84. The molecule has 10 heteroatoms. The number of ether oxygens (including phenoxy) is 2. The minimum Gasteiger partial charge on any atom is -0.481 e. The Bertz CT molecular complexity index is 1260. The fourth-order valence-corrected chi connectivity index (χ4v) is 6.42. The molecular weight excluding hydrogens is 524 g/mol. The smallest absolute Gasteiger partial charge is 0.308 e. The van der Waals surface area contributed by atoms with E-state index in [0.717, 1.165) is 29.7 Å². The second-order valence-electron chi connectivity index (χ2n) is 11.1. The van der Waals surface area contributed by atoms with Crippen molar-refractivity contribution in [2.45, 2.75) is 51.0 Å². The second kappa shape index (κ2) is 12.9. The highest BCUT2D eigenvalue weighted by Crippen LogP contribution is 2.43. The molecule has 0 spiro atoms. The monoisotopic (exact) mass is 564 g/mol. The number of unbranched alkanes of at least 4 members (excludes halogenated alkanes) is 1. The number of carboxylic acid groups (broad SMARTS) is 1. The number of nitrogens with zero attached hydrogens (tertiary/aromatic N) is 3. The van der Waals surface area contributed by atoms with Crippen molar-refractivity contribution in [3.63, 3.8) is 0 Å². The third-order valence-corrected chi connectivity index (χ3v) is 8.54. The van der Waals surface area contributed by atoms with Crippen molar-refractivity contribution in [3.8, 4) is 11.5 Å². The molecule has 1 saturated heterocycles. The zero-order valence-electron chi connectivity index (χ0n) is 23.7. The molecule has 10 nitrogen and oxygen atoms in total. The van der Waals surface area contributed by atoms with Gasteiger partial charge in [0.2, 0.25) is 18.6 Å². The fraction of sp³-hybridized carbons (Fsp3) is 0.516. The molecule has 0 saturated carbocycles. The summed E-state index contributed by atoms with van der Waals surface area (Å²) in [7, 11) is 0. The molecule has 0 radical (unpaired) electrons. The van der Waals surface area contributed by atoms with Crippen molar-refractivity contribution >= 4 is 23.5 Å². The SMILES string of the molecule is CCCCN(CCCN)C(=O)CN1C[C@H](c2ccc3c(c2)OCO3)C(C(=O)O)[C@@H]1CCN1C(=O)Cc2ccccc21. The molecule has 5 rings (SSSR count). The number of carboxylic acids is 1. The van der Waals surface area contributed by atoms with E-state index in [1.54, 1.807) is 4.90 Å². The number of hydrogen-bond donors (Lipinski definition) is 2. The largest absolute Gasteiger partial charge is 0.481 e. The summed E-state index contributed by atoms with van der Waals surface area (Å²) in [6.45, 7) is 4.88. The lowest BCUT2D eigenvalue weighted by Gasteiger charge is -2.31. The van der Waals surface area contributed by atoms with Gasteiger partial charge in [-0.1, -0.05) is 37.6 Å². The Labute approximate surface area is 241 Å². The molecule has 3 aliphatic heterocycles. The van der Waals surface area contributed by atoms with E-state index in [-0.39, 0.29) is 31.1 Å². The van der Waals surface area contributed by atoms with Crippen LogP contribution in [0.4, 0.5) is 5.69 Å². The Kier molecular flexibility index (Phi) is 9.09. The Balaban J connectivity index is 1.41. The maximum Gasteiger partial charge on any atom is 0.308 e. The van der Waals surface area contributed by atoms with Gasteiger partial charge in [-0.3, -0.25) is 19.3 Å². The van der Waals surface area contributed by atoms with Crippen LogP contribution >= 0.6 is 0 Å². The quantitative estimate of drug-likeness (QED) is 0.381. The van der Waals surface area contributed by atoms with Gasteiger partial charge in [0.1, 0.15) is 0 Å². The van der Waals surface area contributed by atoms with Crippen molar-refractivity contribution in [1.29, 1.82) is 0 Å². The molecule has 0 aromatic heterocycles. The maximum atomic E-state index is 13.6. The van der Waals surface area contributed by atoms with Crippen molar-refractivity contribution in [2.75, 3.05) is 51.0 Å². The van der Waals surface area contributed by atoms with Gasteiger partial charge < -0.3 is 30.1 Å². The summed E-state index contributed by atoms with van der Waals surface area (Å²) in [5.74, 6) is -0.789. The number of benzene rings is 2. The number of rotatable bonds is 13. The number of carbonyl (C=O) groups is 3. The van der Waals surface area contributed by atoms with Gasteiger partial charge in [-0.15, -0.1) is 0 Å². The number of amides is 2. The zero-order valence-corrected chi connectivity index (χ0v) is 23.7. The lowest BCUT2D eigenvalue weighted by Crippen LogP contribution is -2.46. The average molecular weight is 565 g/mol. The summed E-state index contributed by atoms with van der Waals surface area (Å²) < 4.78 is 11.0. The van der Waals surface area contributed by atoms with Crippen LogP contribution in [0, 0.1) is 5.92 Å². The summed E-state index contributed by atoms with van der Waals surface area (Å²) >= 11 is 0. The first-order valence-electron chi connectivity index (χ1n) is 14.6. The molecular formula is C31H40N4O6. The van der Waals surface area contributed by atoms with Crippen molar-refractivity contribution in [3.05, 3.63) is 53.6 Å². The molecule has 3 aliphatic rings. The minimum atomic E-state index is -0.910. The molecule has 41 heavy (non-hydrogen) atoms. The van der Waals surface area contributed by atoms with Crippen LogP contribution in [-0.2, 0) is 20.8 Å². The summed E-state index contributed by atoms with van der Waals surface area (Å²) in [4.78, 5) is 45.0. The van der Waals surface area contributed by atoms with Crippen LogP contribution in [0.5, 0.6) is 11.5 Å². The highest BCUT2D eigenvalue weighted by molar-refractivity contribution is 6.01. The van der Waals surface area contributed by atoms with E-state index in [2.05, 4.69) is 6.92 Å². The Morgan fingerprint density at radius 2 is 1.88 bits per heavy atom. The van der Waals surface area contributed by atoms with Gasteiger partial charge in [0.05, 0.1) is 18.9 Å². The van der Waals surface area contributed by atoms with Gasteiger partial charge in [0.15, 0.2) is 11.5 Å². The van der Waals surface area contributed by atoms with Crippen LogP contribution in [0.1, 0.15) is 49.7 Å². The van der Waals surface area contributed by atoms with Crippen LogP contribution in [0.25, 0.3) is 0 Å². The second-order valence-corrected chi connectivity index (χ2v) is 11.1. The Morgan fingerprint density at radius 1 is 1.10 bits per heavy atom. The minimum absolute atomic E-state index is 0.0125. The van der Waals surface area contributed by atoms with E-state index in [1.807, 2.05) is 52.3 Å². The van der Waals surface area contributed by atoms with Gasteiger partial charge in [-0.2, -0.15) is 0 Å². The van der Waals surface area contributed by atoms with Gasteiger partial charge in [-0.25, -0.2) is 0 Å². The molecule has 3 N–H and O–H groups in total. The lowest BCUT2D eigenvalue weighted by molar-refractivity contribution is -0.143. The molecule has 220 valence electrons. The first kappa shape index (κ1) is 28.9. The first-order valence-corrected chi connectivity index (χ1v) is 14.6. The van der Waals surface area contributed by atoms with Gasteiger partial charge in [-0.05, 0) is 55.1 Å². The van der Waals surface area contributed by atoms with Crippen molar-refractivity contribution < 1.29 is 29.0 Å². The Hall–Kier alpha value is -3.63. The van der Waals surface area contributed by atoms with E-state index in [0.29, 0.717) is 63.5 Å². The number of likely N-dealkylation sites (tertiary alicyclic amines) is 1. The van der Waals surface area contributed by atoms with E-state index in [4.69, 9.17) is 15.2 Å². The number of fused-ring (bicyclic) bond motifs is 2. The molecule has 2 aromatic rings. The van der Waals surface area contributed by atoms with Crippen LogP contribution in [0.2, 0.25) is 0 Å². The summed E-state index contributed by atoms with van der Waals surface area (Å²) in [5.41, 5.74) is 8.45. The number of para-hydroxylation sites is 1. The molecule has 0 aliphatic carbocycles. The highest BCUT2D eigenvalue weighted by Gasteiger charge is 2.47. The van der Waals surface area contributed by atoms with Crippen molar-refractivity contribution in [2.24, 2.45) is 11.7 Å². The zero-order chi connectivity index (χ0) is 28.9. The maximum absolute atomic E-state index is 13.6. The molecule has 3 atom stereocenters. The predicted molar refractivity (Wildman–Crippen MR) is 154 cm³/mol. The highest BCUT2D eigenvalue weighted by atomic mass is 16.7. The molecule has 2 aromatic carbocycles. The predicted octanol–water partition coefficient (Wildman–Crippen LogP) is 2.84. The van der Waals surface area contributed by atoms with Crippen LogP contribution in [0.3, 0.4) is 0 Å². The summed E-state index contributed by atoms with van der Waals surface area (Å²) in [6, 6.07) is 12.9. The number of aliphatic carboxylic acids is 1. The fourth-order valence-electron chi connectivity index (χ4n) is 6.42. The standard InChI is InChI=1S/C31H40N4O6/c1-2-3-13-33(14-6-12-32)29(37)19-34-18-23(21-9-10-26-27(16-21)41-20-40-26)30(31(38)39)25(34)11-15-35-24-8-5-4-7-22(24)17-28(35)36/h4-5,7-10,16,23,25,30H,2-3,6,11-15,17-20,32H2,1H3,(H,38,39)/t23-,25+,30?/m1/s1. The van der Waals surface area contributed by atoms with Gasteiger partial charge in [0, 0.05) is 43.8 Å². The normalized spacial score (nSPS) is 21.4.